The quantitative estimate of drug-likeness (QED) is 0.103. The first kappa shape index (κ1) is 41.6. The summed E-state index contributed by atoms with van der Waals surface area (Å²) in [7, 11) is 0. The fourth-order valence-electron chi connectivity index (χ4n) is 4.77. The predicted molar refractivity (Wildman–Crippen MR) is 170 cm³/mol. The van der Waals surface area contributed by atoms with Gasteiger partial charge in [-0.1, -0.05) is 13.8 Å². The maximum absolute atomic E-state index is 13.4. The number of hydrogen-bond acceptors (Lipinski definition) is 10. The van der Waals surface area contributed by atoms with Crippen molar-refractivity contribution >= 4 is 58.1 Å². The number of nitrogens with one attached hydrogen (secondary N) is 5. The molecule has 1 aromatic carbocycles. The minimum Gasteiger partial charge on any atom is -0.481 e. The van der Waals surface area contributed by atoms with E-state index in [1.165, 1.54) is 0 Å². The van der Waals surface area contributed by atoms with Crippen molar-refractivity contribution in [2.45, 2.75) is 89.8 Å². The number of carbonyl (C=O) groups is 7. The number of carbonyl (C=O) groups excluding carboxylic acids is 5. The molecule has 0 aliphatic heterocycles. The maximum Gasteiger partial charge on any atom is 0.417 e. The fraction of sp³-hybridized carbons (Fsp3) is 0.484. The van der Waals surface area contributed by atoms with E-state index in [2.05, 4.69) is 26.6 Å². The molecule has 8 N–H and O–H groups in total. The Morgan fingerprint density at radius 3 is 1.94 bits per heavy atom. The number of alkyl halides is 3. The number of halogens is 3. The van der Waals surface area contributed by atoms with E-state index >= 15 is 0 Å². The van der Waals surface area contributed by atoms with Crippen LogP contribution in [-0.4, -0.2) is 87.1 Å². The van der Waals surface area contributed by atoms with E-state index in [0.29, 0.717) is 0 Å². The van der Waals surface area contributed by atoms with Crippen molar-refractivity contribution in [2.75, 3.05) is 5.32 Å². The van der Waals surface area contributed by atoms with Crippen molar-refractivity contribution in [1.82, 2.24) is 21.3 Å². The van der Waals surface area contributed by atoms with Gasteiger partial charge < -0.3 is 46.3 Å². The second-order valence-electron chi connectivity index (χ2n) is 11.9. The van der Waals surface area contributed by atoms with Gasteiger partial charge in [0.1, 0.15) is 29.8 Å². The molecule has 0 unspecified atom stereocenters. The molecule has 280 valence electrons. The first-order valence-electron chi connectivity index (χ1n) is 15.3. The summed E-state index contributed by atoms with van der Waals surface area (Å²) in [6.07, 6.45) is -8.66. The van der Waals surface area contributed by atoms with Crippen LogP contribution in [0.25, 0.3) is 11.0 Å². The van der Waals surface area contributed by atoms with Gasteiger partial charge in [0, 0.05) is 36.6 Å². The second kappa shape index (κ2) is 17.9. The summed E-state index contributed by atoms with van der Waals surface area (Å²) in [5.41, 5.74) is -3.47. The van der Waals surface area contributed by atoms with Crippen molar-refractivity contribution in [3.63, 3.8) is 0 Å². The van der Waals surface area contributed by atoms with Crippen molar-refractivity contribution < 1.29 is 66.5 Å². The molecule has 0 spiro atoms. The zero-order chi connectivity index (χ0) is 38.8. The lowest BCUT2D eigenvalue weighted by Gasteiger charge is -2.27. The Hall–Kier alpha value is -5.53. The number of carboxylic acid groups (broad SMARTS) is 2. The van der Waals surface area contributed by atoms with Crippen LogP contribution in [-0.2, 0) is 39.7 Å². The molecule has 0 aliphatic carbocycles. The van der Waals surface area contributed by atoms with E-state index < -0.39 is 119 Å². The number of aliphatic carboxylic acids is 2. The van der Waals surface area contributed by atoms with Gasteiger partial charge in [0.2, 0.25) is 29.5 Å². The van der Waals surface area contributed by atoms with Crippen LogP contribution in [0, 0.1) is 5.92 Å². The van der Waals surface area contributed by atoms with Crippen LogP contribution in [0.5, 0.6) is 0 Å². The number of fused-ring (bicyclic) bond motifs is 1. The number of anilines is 1. The van der Waals surface area contributed by atoms with Gasteiger partial charge in [-0.2, -0.15) is 13.2 Å². The van der Waals surface area contributed by atoms with E-state index in [1.54, 1.807) is 13.8 Å². The molecule has 51 heavy (non-hydrogen) atoms. The molecule has 2 rings (SSSR count). The van der Waals surface area contributed by atoms with Crippen LogP contribution in [0.4, 0.5) is 18.9 Å². The summed E-state index contributed by atoms with van der Waals surface area (Å²) in [5, 5.41) is 39.5. The second-order valence-corrected chi connectivity index (χ2v) is 11.9. The Kier molecular flexibility index (Phi) is 14.6. The Morgan fingerprint density at radius 2 is 1.41 bits per heavy atom. The number of benzene rings is 1. The number of hydrogen-bond donors (Lipinski definition) is 8. The Bertz CT molecular complexity index is 1710. The molecule has 0 saturated heterocycles. The number of amides is 5. The van der Waals surface area contributed by atoms with E-state index in [0.717, 1.165) is 32.0 Å². The van der Waals surface area contributed by atoms with Gasteiger partial charge in [0.25, 0.3) is 0 Å². The van der Waals surface area contributed by atoms with Gasteiger partial charge >= 0.3 is 23.7 Å². The van der Waals surface area contributed by atoms with Gasteiger partial charge in [-0.3, -0.25) is 33.6 Å². The standard InChI is InChI=1S/C31H38F3N5O12/c1-13(2)9-20(35-15(4)41)29(49)37-19(7-8-23(42)43)27(47)39-26(14(3)40)30(50)38-21(12-24(44)45)28(48)36-16-5-6-17-18(31(32,33)34)11-25(46)51-22(17)10-16/h5-6,10-11,13-14,19-21,26,40H,7-9,12H2,1-4H3,(H,35,41)(H,36,48)(H,37,49)(H,38,50)(H,39,47)(H,42,43)(H,44,45)/t14-,19-,20-,21-,26-/m0/s1. The van der Waals surface area contributed by atoms with E-state index in [9.17, 15) is 61.7 Å². The Balaban J connectivity index is 2.31. The van der Waals surface area contributed by atoms with Gasteiger partial charge in [-0.05, 0) is 37.8 Å². The van der Waals surface area contributed by atoms with Crippen LogP contribution in [0.3, 0.4) is 0 Å². The highest BCUT2D eigenvalue weighted by Gasteiger charge is 2.36. The average molecular weight is 730 g/mol. The van der Waals surface area contributed by atoms with Gasteiger partial charge in [0.05, 0.1) is 18.1 Å². The monoisotopic (exact) mass is 729 g/mol. The molecule has 0 saturated carbocycles. The summed E-state index contributed by atoms with van der Waals surface area (Å²) in [5.74, 6) is -8.09. The molecular weight excluding hydrogens is 691 g/mol. The zero-order valence-corrected chi connectivity index (χ0v) is 27.8. The molecule has 2 aromatic rings. The van der Waals surface area contributed by atoms with Crippen LogP contribution in [0.15, 0.2) is 33.5 Å². The van der Waals surface area contributed by atoms with E-state index in [4.69, 9.17) is 9.52 Å². The topological polar surface area (TPSA) is 271 Å². The number of rotatable bonds is 17. The lowest BCUT2D eigenvalue weighted by atomic mass is 10.0. The van der Waals surface area contributed by atoms with Crippen molar-refractivity contribution in [3.8, 4) is 0 Å². The van der Waals surface area contributed by atoms with Crippen LogP contribution in [0.1, 0.15) is 58.9 Å². The van der Waals surface area contributed by atoms with E-state index in [-0.39, 0.29) is 24.1 Å². The van der Waals surface area contributed by atoms with E-state index in [1.807, 2.05) is 0 Å². The minimum absolute atomic E-state index is 0.0951. The summed E-state index contributed by atoms with van der Waals surface area (Å²) >= 11 is 0. The normalized spacial score (nSPS) is 14.4. The predicted octanol–water partition coefficient (Wildman–Crippen LogP) is 0.476. The van der Waals surface area contributed by atoms with Crippen molar-refractivity contribution in [2.24, 2.45) is 5.92 Å². The first-order valence-corrected chi connectivity index (χ1v) is 15.3. The Labute approximate surface area is 287 Å². The van der Waals surface area contributed by atoms with Gasteiger partial charge in [0.15, 0.2) is 0 Å². The van der Waals surface area contributed by atoms with Crippen molar-refractivity contribution in [1.29, 1.82) is 0 Å². The molecule has 0 fully saturated rings. The molecule has 1 aromatic heterocycles. The van der Waals surface area contributed by atoms with Crippen LogP contribution >= 0.6 is 0 Å². The number of carboxylic acids is 2. The third kappa shape index (κ3) is 13.0. The summed E-state index contributed by atoms with van der Waals surface area (Å²) in [4.78, 5) is 98.7. The van der Waals surface area contributed by atoms with Crippen LogP contribution in [0.2, 0.25) is 0 Å². The largest absolute Gasteiger partial charge is 0.481 e. The molecule has 17 nitrogen and oxygen atoms in total. The first-order chi connectivity index (χ1) is 23.6. The third-order valence-electron chi connectivity index (χ3n) is 7.07. The fourth-order valence-corrected chi connectivity index (χ4v) is 4.77. The summed E-state index contributed by atoms with van der Waals surface area (Å²) < 4.78 is 45.0. The molecule has 0 aliphatic rings. The lowest BCUT2D eigenvalue weighted by molar-refractivity contribution is -0.141. The minimum atomic E-state index is -4.92. The number of aliphatic hydroxyl groups is 1. The van der Waals surface area contributed by atoms with Crippen LogP contribution < -0.4 is 32.2 Å². The average Bonchev–Trinajstić information content (AvgIpc) is 2.98. The summed E-state index contributed by atoms with van der Waals surface area (Å²) in [6, 6.07) is -3.52. The highest BCUT2D eigenvalue weighted by Crippen LogP contribution is 2.34. The molecule has 1 heterocycles. The molecular formula is C31H38F3N5O12. The molecule has 5 amide bonds. The molecule has 20 heteroatoms. The molecule has 5 atom stereocenters. The van der Waals surface area contributed by atoms with Crippen molar-refractivity contribution in [3.05, 3.63) is 40.2 Å². The lowest BCUT2D eigenvalue weighted by Crippen LogP contribution is -2.60. The highest BCUT2D eigenvalue weighted by atomic mass is 19.4. The third-order valence-corrected chi connectivity index (χ3v) is 7.07. The van der Waals surface area contributed by atoms with Gasteiger partial charge in [-0.25, -0.2) is 4.79 Å². The molecule has 0 radical (unpaired) electrons. The number of aliphatic hydroxyl groups excluding tert-OH is 1. The van der Waals surface area contributed by atoms with Gasteiger partial charge in [-0.15, -0.1) is 0 Å². The molecule has 0 bridgehead atoms. The maximum atomic E-state index is 13.4. The zero-order valence-electron chi connectivity index (χ0n) is 27.8. The SMILES string of the molecule is CC(=O)N[C@@H](CC(C)C)C(=O)N[C@@H](CCC(=O)O)C(=O)N[C@H](C(=O)N[C@@H](CC(=O)O)C(=O)Nc1ccc2c(C(F)(F)F)cc(=O)oc2c1)[C@H](C)O. The highest BCUT2D eigenvalue weighted by molar-refractivity contribution is 6.01. The smallest absolute Gasteiger partial charge is 0.417 e. The summed E-state index contributed by atoms with van der Waals surface area (Å²) in [6.45, 7) is 5.73. The Morgan fingerprint density at radius 1 is 0.804 bits per heavy atom.